The number of alkyl halides is 3. The third kappa shape index (κ3) is 5.04. The summed E-state index contributed by atoms with van der Waals surface area (Å²) in [6.45, 7) is 4.56. The van der Waals surface area contributed by atoms with E-state index in [0.717, 1.165) is 18.7 Å². The zero-order valence-electron chi connectivity index (χ0n) is 12.7. The van der Waals surface area contributed by atoms with Crippen LogP contribution in [0, 0.1) is 6.92 Å². The average Bonchev–Trinajstić information content (AvgIpc) is 2.45. The highest BCUT2D eigenvalue weighted by Crippen LogP contribution is 2.35. The lowest BCUT2D eigenvalue weighted by Crippen LogP contribution is -2.46. The molecule has 0 radical (unpaired) electrons. The number of nitrogens with zero attached hydrogens (tertiary/aromatic N) is 1. The maximum Gasteiger partial charge on any atom is 0.390 e. The highest BCUT2D eigenvalue weighted by molar-refractivity contribution is 5.85. The van der Waals surface area contributed by atoms with Crippen molar-refractivity contribution in [3.8, 4) is 5.75 Å². The van der Waals surface area contributed by atoms with E-state index in [-0.39, 0.29) is 12.4 Å². The largest absolute Gasteiger partial charge is 0.496 e. The van der Waals surface area contributed by atoms with Gasteiger partial charge in [0.05, 0.1) is 13.5 Å². The molecular formula is C15H22ClF3N2O. The van der Waals surface area contributed by atoms with Gasteiger partial charge in [0.25, 0.3) is 0 Å². The minimum Gasteiger partial charge on any atom is -0.496 e. The fourth-order valence-electron chi connectivity index (χ4n) is 2.78. The van der Waals surface area contributed by atoms with E-state index in [1.165, 1.54) is 0 Å². The Labute approximate surface area is 135 Å². The number of aryl methyl sites for hydroxylation is 1. The van der Waals surface area contributed by atoms with Crippen LogP contribution in [0.15, 0.2) is 18.2 Å². The Morgan fingerprint density at radius 2 is 1.91 bits per heavy atom. The molecule has 0 amide bonds. The van der Waals surface area contributed by atoms with Crippen molar-refractivity contribution < 1.29 is 17.9 Å². The van der Waals surface area contributed by atoms with Gasteiger partial charge in [0.2, 0.25) is 0 Å². The molecule has 1 saturated heterocycles. The smallest absolute Gasteiger partial charge is 0.390 e. The van der Waals surface area contributed by atoms with E-state index in [9.17, 15) is 13.2 Å². The van der Waals surface area contributed by atoms with Crippen molar-refractivity contribution in [3.63, 3.8) is 0 Å². The minimum atomic E-state index is -4.18. The van der Waals surface area contributed by atoms with Gasteiger partial charge in [-0.2, -0.15) is 13.2 Å². The average molecular weight is 339 g/mol. The molecule has 1 atom stereocenters. The van der Waals surface area contributed by atoms with Gasteiger partial charge in [-0.1, -0.05) is 12.1 Å². The summed E-state index contributed by atoms with van der Waals surface area (Å²) in [5.74, 6) is 0.699. The molecule has 0 aromatic heterocycles. The molecule has 0 unspecified atom stereocenters. The van der Waals surface area contributed by atoms with Crippen LogP contribution in [-0.4, -0.2) is 44.4 Å². The van der Waals surface area contributed by atoms with Gasteiger partial charge >= 0.3 is 6.18 Å². The third-order valence-corrected chi connectivity index (χ3v) is 3.82. The lowest BCUT2D eigenvalue weighted by Gasteiger charge is -2.35. The van der Waals surface area contributed by atoms with Crippen molar-refractivity contribution in [1.82, 2.24) is 10.2 Å². The number of hydrogen-bond donors (Lipinski definition) is 1. The van der Waals surface area contributed by atoms with E-state index < -0.39 is 18.6 Å². The molecule has 1 aliphatic heterocycles. The number of piperazine rings is 1. The summed E-state index contributed by atoms with van der Waals surface area (Å²) in [6, 6.07) is 4.66. The molecule has 1 aliphatic rings. The molecule has 0 bridgehead atoms. The van der Waals surface area contributed by atoms with Crippen LogP contribution in [0.4, 0.5) is 13.2 Å². The number of methoxy groups -OCH3 is 1. The Hall–Kier alpha value is -0.980. The molecule has 126 valence electrons. The quantitative estimate of drug-likeness (QED) is 0.911. The summed E-state index contributed by atoms with van der Waals surface area (Å²) in [7, 11) is 1.56. The van der Waals surface area contributed by atoms with E-state index in [1.54, 1.807) is 25.3 Å². The topological polar surface area (TPSA) is 24.5 Å². The lowest BCUT2D eigenvalue weighted by molar-refractivity contribution is -0.148. The van der Waals surface area contributed by atoms with Crippen LogP contribution >= 0.6 is 12.4 Å². The van der Waals surface area contributed by atoms with Crippen molar-refractivity contribution >= 4 is 12.4 Å². The van der Waals surface area contributed by atoms with Crippen molar-refractivity contribution in [2.24, 2.45) is 0 Å². The predicted octanol–water partition coefficient (Wildman–Crippen LogP) is 3.32. The van der Waals surface area contributed by atoms with E-state index in [0.29, 0.717) is 24.4 Å². The van der Waals surface area contributed by atoms with Gasteiger partial charge in [-0.25, -0.2) is 0 Å². The van der Waals surface area contributed by atoms with Crippen molar-refractivity contribution in [2.75, 3.05) is 33.3 Å². The van der Waals surface area contributed by atoms with Crippen molar-refractivity contribution in [2.45, 2.75) is 25.6 Å². The fraction of sp³-hybridized carbons (Fsp3) is 0.600. The molecule has 0 spiro atoms. The van der Waals surface area contributed by atoms with Crippen LogP contribution in [0.5, 0.6) is 5.75 Å². The van der Waals surface area contributed by atoms with Gasteiger partial charge in [0.1, 0.15) is 5.75 Å². The first-order valence-electron chi connectivity index (χ1n) is 7.07. The first-order valence-corrected chi connectivity index (χ1v) is 7.07. The predicted molar refractivity (Wildman–Crippen MR) is 82.8 cm³/mol. The van der Waals surface area contributed by atoms with E-state index in [4.69, 9.17) is 4.74 Å². The number of hydrogen-bond acceptors (Lipinski definition) is 3. The van der Waals surface area contributed by atoms with Gasteiger partial charge in [0, 0.05) is 32.2 Å². The molecule has 1 heterocycles. The number of benzene rings is 1. The first-order chi connectivity index (χ1) is 9.90. The second kappa shape index (κ2) is 8.04. The molecule has 2 rings (SSSR count). The van der Waals surface area contributed by atoms with Crippen molar-refractivity contribution in [1.29, 1.82) is 0 Å². The maximum atomic E-state index is 12.9. The standard InChI is InChI=1S/C15H21F3N2O.ClH/c1-11-9-12(3-4-14(11)21-2)13(10-15(16,17)18)20-7-5-19-6-8-20;/h3-4,9,13,19H,5-8,10H2,1-2H3;1H/t13-;/m0./s1. The molecule has 22 heavy (non-hydrogen) atoms. The highest BCUT2D eigenvalue weighted by Gasteiger charge is 2.36. The van der Waals surface area contributed by atoms with Crippen LogP contribution in [0.25, 0.3) is 0 Å². The Balaban J connectivity index is 0.00000242. The summed E-state index contributed by atoms with van der Waals surface area (Å²) < 4.78 is 44.0. The van der Waals surface area contributed by atoms with Gasteiger partial charge in [-0.3, -0.25) is 4.90 Å². The molecule has 3 nitrogen and oxygen atoms in total. The molecule has 7 heteroatoms. The van der Waals surface area contributed by atoms with Crippen LogP contribution in [-0.2, 0) is 0 Å². The molecule has 1 aromatic carbocycles. The number of ether oxygens (including phenoxy) is 1. The summed E-state index contributed by atoms with van der Waals surface area (Å²) in [5, 5.41) is 3.17. The van der Waals surface area contributed by atoms with Crippen molar-refractivity contribution in [3.05, 3.63) is 29.3 Å². The number of nitrogens with one attached hydrogen (secondary N) is 1. The van der Waals surface area contributed by atoms with Crippen LogP contribution in [0.2, 0.25) is 0 Å². The summed E-state index contributed by atoms with van der Waals surface area (Å²) >= 11 is 0. The normalized spacial score (nSPS) is 17.7. The monoisotopic (exact) mass is 338 g/mol. The summed E-state index contributed by atoms with van der Waals surface area (Å²) in [6.07, 6.45) is -5.00. The fourth-order valence-corrected chi connectivity index (χ4v) is 2.78. The van der Waals surface area contributed by atoms with Crippen LogP contribution in [0.1, 0.15) is 23.6 Å². The Kier molecular flexibility index (Phi) is 6.97. The van der Waals surface area contributed by atoms with Crippen LogP contribution < -0.4 is 10.1 Å². The zero-order chi connectivity index (χ0) is 15.5. The molecule has 0 saturated carbocycles. The molecule has 1 N–H and O–H groups in total. The van der Waals surface area contributed by atoms with E-state index >= 15 is 0 Å². The SMILES string of the molecule is COc1ccc([C@H](CC(F)(F)F)N2CCNCC2)cc1C.Cl. The zero-order valence-corrected chi connectivity index (χ0v) is 13.6. The van der Waals surface area contributed by atoms with E-state index in [2.05, 4.69) is 5.32 Å². The Bertz CT molecular complexity index is 476. The molecule has 1 fully saturated rings. The summed E-state index contributed by atoms with van der Waals surface area (Å²) in [4.78, 5) is 1.91. The maximum absolute atomic E-state index is 12.9. The Morgan fingerprint density at radius 1 is 1.27 bits per heavy atom. The van der Waals surface area contributed by atoms with Gasteiger partial charge in [0.15, 0.2) is 0 Å². The third-order valence-electron chi connectivity index (χ3n) is 3.82. The van der Waals surface area contributed by atoms with Gasteiger partial charge in [-0.15, -0.1) is 12.4 Å². The highest BCUT2D eigenvalue weighted by atomic mass is 35.5. The van der Waals surface area contributed by atoms with Crippen LogP contribution in [0.3, 0.4) is 0 Å². The number of rotatable bonds is 4. The molecule has 1 aromatic rings. The second-order valence-corrected chi connectivity index (χ2v) is 5.35. The van der Waals surface area contributed by atoms with Gasteiger partial charge < -0.3 is 10.1 Å². The lowest BCUT2D eigenvalue weighted by atomic mass is 9.98. The Morgan fingerprint density at radius 3 is 2.41 bits per heavy atom. The number of halogens is 4. The molecular weight excluding hydrogens is 317 g/mol. The summed E-state index contributed by atoms with van der Waals surface area (Å²) in [5.41, 5.74) is 1.56. The van der Waals surface area contributed by atoms with E-state index in [1.807, 2.05) is 11.8 Å². The van der Waals surface area contributed by atoms with Gasteiger partial charge in [-0.05, 0) is 24.1 Å². The molecule has 0 aliphatic carbocycles. The second-order valence-electron chi connectivity index (χ2n) is 5.35. The minimum absolute atomic E-state index is 0. The first kappa shape index (κ1) is 19.1.